The van der Waals surface area contributed by atoms with Crippen LogP contribution in [0, 0.1) is 75.4 Å². The van der Waals surface area contributed by atoms with Crippen LogP contribution < -0.4 is 0 Å². The van der Waals surface area contributed by atoms with Gasteiger partial charge in [0.05, 0.1) is 11.6 Å². The molecule has 0 saturated heterocycles. The summed E-state index contributed by atoms with van der Waals surface area (Å²) in [7, 11) is 0. The van der Waals surface area contributed by atoms with Crippen LogP contribution in [-0.2, 0) is 23.1 Å². The van der Waals surface area contributed by atoms with Crippen molar-refractivity contribution in [3.63, 3.8) is 0 Å². The van der Waals surface area contributed by atoms with Crippen molar-refractivity contribution >= 4 is 12.0 Å². The molecule has 2 aromatic rings. The van der Waals surface area contributed by atoms with E-state index in [-0.39, 0.29) is 44.0 Å². The van der Waals surface area contributed by atoms with Crippen molar-refractivity contribution in [3.8, 4) is 23.8 Å². The number of fused-ring (bicyclic) bond motifs is 13. The standard InChI is InChI=1S/C29H40O4.C22H27NO2/c1-17-18-7-8-21-27(4,19(18)15-20(30)23(17)31)12-14-29(6)22-16-26(3,24(32)33)10-9-25(22,2)11-13-28(21,29)5;1-4-22(24)10-8-18-16-6-5-15-11-19-14(13-23-25-19)12-20(15,2)17(16)7-9-21(18,22)3/h8,15,22,30-31H,7,9-14,16H2,1-6H3,(H,32,33);1,11,13,16-18,24H,5-10,12H2,2-3H3. The average molecular weight is 790 g/mol. The summed E-state index contributed by atoms with van der Waals surface area (Å²) in [6, 6.07) is 1.81. The number of carbonyl (C=O) groups is 1. The molecule has 8 aliphatic carbocycles. The Bertz CT molecular complexity index is 2190. The molecule has 0 spiro atoms. The average Bonchev–Trinajstić information content (AvgIpc) is 3.75. The zero-order chi connectivity index (χ0) is 41.6. The van der Waals surface area contributed by atoms with E-state index in [0.29, 0.717) is 23.7 Å². The second-order valence-corrected chi connectivity index (χ2v) is 22.5. The Morgan fingerprint density at radius 2 is 1.64 bits per heavy atom. The molecular weight excluding hydrogens is 723 g/mol. The van der Waals surface area contributed by atoms with E-state index in [4.69, 9.17) is 10.9 Å². The van der Waals surface area contributed by atoms with Crippen LogP contribution in [0.4, 0.5) is 0 Å². The van der Waals surface area contributed by atoms with Crippen LogP contribution in [0.15, 0.2) is 34.0 Å². The van der Waals surface area contributed by atoms with Gasteiger partial charge in [-0.1, -0.05) is 69.8 Å². The molecule has 7 heteroatoms. The summed E-state index contributed by atoms with van der Waals surface area (Å²) in [4.78, 5) is 12.3. The molecule has 1 heterocycles. The van der Waals surface area contributed by atoms with Crippen LogP contribution in [0.2, 0.25) is 0 Å². The fourth-order valence-corrected chi connectivity index (χ4v) is 16.0. The molecule has 0 amide bonds. The molecule has 12 atom stereocenters. The number of hydrogen-bond acceptors (Lipinski definition) is 6. The number of benzene rings is 1. The van der Waals surface area contributed by atoms with Gasteiger partial charge in [-0.3, -0.25) is 4.79 Å². The van der Waals surface area contributed by atoms with Crippen molar-refractivity contribution in [1.82, 2.24) is 5.16 Å². The first-order chi connectivity index (χ1) is 27.1. The number of nitrogens with zero attached hydrogens (tertiary/aromatic N) is 1. The molecule has 4 N–H and O–H groups in total. The van der Waals surface area contributed by atoms with Crippen molar-refractivity contribution in [2.45, 2.75) is 163 Å². The van der Waals surface area contributed by atoms with Gasteiger partial charge in [0.25, 0.3) is 0 Å². The van der Waals surface area contributed by atoms with Gasteiger partial charge in [0.1, 0.15) is 5.60 Å². The van der Waals surface area contributed by atoms with Crippen molar-refractivity contribution in [2.24, 2.45) is 56.2 Å². The van der Waals surface area contributed by atoms with Crippen LogP contribution >= 0.6 is 0 Å². The third-order valence-electron chi connectivity index (χ3n) is 20.2. The van der Waals surface area contributed by atoms with Crippen LogP contribution in [0.25, 0.3) is 6.08 Å². The highest BCUT2D eigenvalue weighted by molar-refractivity contribution is 5.74. The van der Waals surface area contributed by atoms with Crippen LogP contribution in [0.3, 0.4) is 0 Å². The molecule has 12 unspecified atom stereocenters. The Balaban J connectivity index is 0.000000156. The lowest BCUT2D eigenvalue weighted by Crippen LogP contribution is -2.62. The van der Waals surface area contributed by atoms with E-state index >= 15 is 0 Å². The van der Waals surface area contributed by atoms with Gasteiger partial charge < -0.3 is 24.9 Å². The maximum atomic E-state index is 12.3. The van der Waals surface area contributed by atoms with Gasteiger partial charge in [-0.2, -0.15) is 0 Å². The number of rotatable bonds is 1. The van der Waals surface area contributed by atoms with Crippen LogP contribution in [-0.4, -0.2) is 37.2 Å². The number of allylic oxidation sites excluding steroid dienone is 3. The molecule has 0 bridgehead atoms. The van der Waals surface area contributed by atoms with E-state index in [1.54, 1.807) is 5.57 Å². The fourth-order valence-electron chi connectivity index (χ4n) is 16.0. The zero-order valence-electron chi connectivity index (χ0n) is 36.4. The van der Waals surface area contributed by atoms with Crippen molar-refractivity contribution < 1.29 is 29.7 Å². The molecule has 6 saturated carbocycles. The number of aliphatic carboxylic acids is 1. The van der Waals surface area contributed by atoms with Gasteiger partial charge >= 0.3 is 5.97 Å². The first-order valence-corrected chi connectivity index (χ1v) is 22.5. The minimum absolute atomic E-state index is 0.00431. The van der Waals surface area contributed by atoms with E-state index in [1.165, 1.54) is 23.1 Å². The first kappa shape index (κ1) is 39.9. The number of aliphatic hydroxyl groups is 1. The molecule has 1 aromatic heterocycles. The first-order valence-electron chi connectivity index (χ1n) is 22.5. The van der Waals surface area contributed by atoms with Gasteiger partial charge in [-0.15, -0.1) is 6.42 Å². The smallest absolute Gasteiger partial charge is 0.309 e. The van der Waals surface area contributed by atoms with Crippen molar-refractivity contribution in [2.75, 3.05) is 0 Å². The summed E-state index contributed by atoms with van der Waals surface area (Å²) in [5.74, 6) is 5.36. The molecule has 0 radical (unpaired) electrons. The number of carboxylic acids is 1. The monoisotopic (exact) mass is 789 g/mol. The van der Waals surface area contributed by atoms with Crippen LogP contribution in [0.5, 0.6) is 11.5 Å². The van der Waals surface area contributed by atoms with Gasteiger partial charge in [0.2, 0.25) is 0 Å². The molecule has 7 nitrogen and oxygen atoms in total. The summed E-state index contributed by atoms with van der Waals surface area (Å²) < 4.78 is 5.43. The van der Waals surface area contributed by atoms with E-state index < -0.39 is 17.0 Å². The summed E-state index contributed by atoms with van der Waals surface area (Å²) >= 11 is 0. The number of phenolic OH excluding ortho intramolecular Hbond substituents is 2. The number of carboxylic acid groups (broad SMARTS) is 1. The Morgan fingerprint density at radius 1 is 0.914 bits per heavy atom. The fraction of sp³-hybridized carbons (Fsp3) is 0.686. The second kappa shape index (κ2) is 12.5. The normalized spacial score (nSPS) is 45.7. The van der Waals surface area contributed by atoms with Crippen molar-refractivity contribution in [3.05, 3.63) is 57.5 Å². The zero-order valence-corrected chi connectivity index (χ0v) is 36.4. The molecular formula is C51H67NO6. The highest BCUT2D eigenvalue weighted by atomic mass is 16.5. The maximum Gasteiger partial charge on any atom is 0.309 e. The lowest BCUT2D eigenvalue weighted by molar-refractivity contribution is -0.177. The predicted molar refractivity (Wildman–Crippen MR) is 226 cm³/mol. The van der Waals surface area contributed by atoms with Crippen LogP contribution in [0.1, 0.15) is 160 Å². The number of terminal acetylenes is 1. The SMILES string of the molecule is C#CC1(O)CCC2C3CCC4=Cc5oncc5CC4(C)C3CCC21C.Cc1c(O)c(O)cc2c1CC=C1C2(C)CCC2(C)C3CC(C)(C(=O)O)CCC3(C)CCC12C. The molecule has 58 heavy (non-hydrogen) atoms. The minimum Gasteiger partial charge on any atom is -0.504 e. The lowest BCUT2D eigenvalue weighted by atomic mass is 9.34. The largest absolute Gasteiger partial charge is 0.504 e. The molecule has 6 fully saturated rings. The molecule has 0 aliphatic heterocycles. The van der Waals surface area contributed by atoms with E-state index in [0.717, 1.165) is 107 Å². The Kier molecular flexibility index (Phi) is 8.62. The minimum atomic E-state index is -0.909. The van der Waals surface area contributed by atoms with E-state index in [1.807, 2.05) is 26.1 Å². The number of aromatic hydroxyl groups is 2. The Morgan fingerprint density at radius 3 is 2.36 bits per heavy atom. The highest BCUT2D eigenvalue weighted by Gasteiger charge is 2.67. The topological polar surface area (TPSA) is 124 Å². The third kappa shape index (κ3) is 5.02. The molecule has 8 aliphatic rings. The number of phenols is 2. The Labute approximate surface area is 346 Å². The third-order valence-corrected chi connectivity index (χ3v) is 20.2. The summed E-state index contributed by atoms with van der Waals surface area (Å²) in [5.41, 5.74) is 5.99. The van der Waals surface area contributed by atoms with E-state index in [9.17, 15) is 25.2 Å². The predicted octanol–water partition coefficient (Wildman–Crippen LogP) is 10.9. The second-order valence-electron chi connectivity index (χ2n) is 22.5. The number of hydrogen-bond donors (Lipinski definition) is 4. The van der Waals surface area contributed by atoms with Gasteiger partial charge in [-0.05, 0) is 184 Å². The van der Waals surface area contributed by atoms with Gasteiger partial charge in [0, 0.05) is 16.4 Å². The molecule has 10 rings (SSSR count). The van der Waals surface area contributed by atoms with Crippen molar-refractivity contribution in [1.29, 1.82) is 0 Å². The quantitative estimate of drug-likeness (QED) is 0.129. The molecule has 1 aromatic carbocycles. The number of aromatic nitrogens is 1. The Hall–Kier alpha value is -3.50. The van der Waals surface area contributed by atoms with E-state index in [2.05, 4.69) is 64.8 Å². The van der Waals surface area contributed by atoms with Gasteiger partial charge in [-0.25, -0.2) is 0 Å². The summed E-state index contributed by atoms with van der Waals surface area (Å²) in [6.07, 6.45) is 27.4. The lowest BCUT2D eigenvalue weighted by Gasteiger charge is -2.69. The summed E-state index contributed by atoms with van der Waals surface area (Å²) in [6.45, 7) is 18.2. The van der Waals surface area contributed by atoms with Gasteiger partial charge in [0.15, 0.2) is 17.3 Å². The molecule has 312 valence electrons. The maximum absolute atomic E-state index is 12.3. The summed E-state index contributed by atoms with van der Waals surface area (Å²) in [5, 5.41) is 46.0. The highest BCUT2D eigenvalue weighted by Crippen LogP contribution is 2.75.